The lowest BCUT2D eigenvalue weighted by Crippen LogP contribution is -1.96. The summed E-state index contributed by atoms with van der Waals surface area (Å²) in [7, 11) is 0. The number of benzene rings is 1. The van der Waals surface area contributed by atoms with Gasteiger partial charge in [-0.3, -0.25) is 0 Å². The van der Waals surface area contributed by atoms with Gasteiger partial charge >= 0.3 is 0 Å². The van der Waals surface area contributed by atoms with Gasteiger partial charge in [0.1, 0.15) is 6.07 Å². The van der Waals surface area contributed by atoms with Gasteiger partial charge < -0.3 is 0 Å². The van der Waals surface area contributed by atoms with E-state index in [0.717, 1.165) is 10.9 Å². The Balaban J connectivity index is 2.72. The third-order valence-corrected chi connectivity index (χ3v) is 3.95. The van der Waals surface area contributed by atoms with E-state index >= 15 is 0 Å². The Hall–Kier alpha value is -0.170. The van der Waals surface area contributed by atoms with Crippen molar-refractivity contribution in [2.75, 3.05) is 5.88 Å². The van der Waals surface area contributed by atoms with Crippen molar-refractivity contribution in [1.82, 2.24) is 0 Å². The second kappa shape index (κ2) is 6.42. The van der Waals surface area contributed by atoms with Gasteiger partial charge in [0.05, 0.1) is 5.56 Å². The summed E-state index contributed by atoms with van der Waals surface area (Å²) in [5.74, 6) is 0.686. The highest BCUT2D eigenvalue weighted by molar-refractivity contribution is 9.10. The van der Waals surface area contributed by atoms with Crippen LogP contribution in [-0.4, -0.2) is 11.1 Å². The molecule has 0 heterocycles. The number of nitriles is 1. The van der Waals surface area contributed by atoms with E-state index in [1.54, 1.807) is 11.8 Å². The van der Waals surface area contributed by atoms with E-state index in [1.165, 1.54) is 4.90 Å². The zero-order chi connectivity index (χ0) is 11.3. The van der Waals surface area contributed by atoms with E-state index in [0.29, 0.717) is 16.7 Å². The first-order valence-electron chi connectivity index (χ1n) is 4.59. The maximum absolute atomic E-state index is 8.77. The molecule has 0 saturated heterocycles. The van der Waals surface area contributed by atoms with Crippen LogP contribution in [0.3, 0.4) is 0 Å². The summed E-state index contributed by atoms with van der Waals surface area (Å²) in [5.41, 5.74) is 0.671. The van der Waals surface area contributed by atoms with Gasteiger partial charge in [-0.2, -0.15) is 5.26 Å². The summed E-state index contributed by atoms with van der Waals surface area (Å²) in [6, 6.07) is 7.91. The van der Waals surface area contributed by atoms with Crippen LogP contribution in [-0.2, 0) is 0 Å². The van der Waals surface area contributed by atoms with Gasteiger partial charge in [0, 0.05) is 20.5 Å². The number of alkyl halides is 1. The normalized spacial score (nSPS) is 12.1. The monoisotopic (exact) mass is 303 g/mol. The maximum Gasteiger partial charge on any atom is 0.100 e. The van der Waals surface area contributed by atoms with E-state index in [4.69, 9.17) is 16.9 Å². The van der Waals surface area contributed by atoms with Crippen molar-refractivity contribution in [3.8, 4) is 6.07 Å². The fraction of sp³-hybridized carbons (Fsp3) is 0.364. The van der Waals surface area contributed by atoms with Crippen molar-refractivity contribution in [2.45, 2.75) is 23.5 Å². The zero-order valence-electron chi connectivity index (χ0n) is 8.34. The van der Waals surface area contributed by atoms with Crippen LogP contribution >= 0.6 is 39.3 Å². The maximum atomic E-state index is 8.77. The highest BCUT2D eigenvalue weighted by Gasteiger charge is 2.06. The van der Waals surface area contributed by atoms with E-state index in [1.807, 2.05) is 18.2 Å². The Morgan fingerprint density at radius 3 is 2.87 bits per heavy atom. The van der Waals surface area contributed by atoms with Crippen LogP contribution in [0.15, 0.2) is 27.6 Å². The van der Waals surface area contributed by atoms with E-state index in [-0.39, 0.29) is 0 Å². The van der Waals surface area contributed by atoms with Crippen LogP contribution < -0.4 is 0 Å². The molecular formula is C11H11BrClNS. The highest BCUT2D eigenvalue weighted by Crippen LogP contribution is 2.29. The highest BCUT2D eigenvalue weighted by atomic mass is 79.9. The summed E-state index contributed by atoms with van der Waals surface area (Å²) in [4.78, 5) is 1.17. The molecule has 0 bridgehead atoms. The first kappa shape index (κ1) is 12.9. The van der Waals surface area contributed by atoms with Crippen molar-refractivity contribution >= 4 is 39.3 Å². The third-order valence-electron chi connectivity index (χ3n) is 1.91. The summed E-state index contributed by atoms with van der Waals surface area (Å²) < 4.78 is 0.855. The molecular weight excluding hydrogens is 294 g/mol. The number of thioether (sulfide) groups is 1. The van der Waals surface area contributed by atoms with Crippen LogP contribution in [0.5, 0.6) is 0 Å². The minimum absolute atomic E-state index is 0.502. The number of nitrogens with zero attached hydrogens (tertiary/aromatic N) is 1. The Labute approximate surface area is 108 Å². The van der Waals surface area contributed by atoms with Gasteiger partial charge in [-0.25, -0.2) is 0 Å². The molecule has 1 atom stereocenters. The number of rotatable bonds is 4. The molecule has 0 N–H and O–H groups in total. The molecule has 1 rings (SSSR count). The van der Waals surface area contributed by atoms with Crippen LogP contribution in [0.2, 0.25) is 0 Å². The van der Waals surface area contributed by atoms with Gasteiger partial charge in [-0.1, -0.05) is 6.92 Å². The van der Waals surface area contributed by atoms with E-state index in [9.17, 15) is 0 Å². The molecule has 0 fully saturated rings. The first-order valence-corrected chi connectivity index (χ1v) is 6.80. The third kappa shape index (κ3) is 4.06. The van der Waals surface area contributed by atoms with Gasteiger partial charge in [-0.05, 0) is 40.5 Å². The first-order chi connectivity index (χ1) is 7.17. The molecule has 80 valence electrons. The van der Waals surface area contributed by atoms with Crippen molar-refractivity contribution < 1.29 is 0 Å². The standard InChI is InChI=1S/C11H11BrClNS/c1-8(4-5-13)15-10-3-2-9(7-14)11(12)6-10/h2-3,6,8H,4-5H2,1H3. The minimum Gasteiger partial charge on any atom is -0.192 e. The Bertz CT molecular complexity index is 375. The van der Waals surface area contributed by atoms with Crippen molar-refractivity contribution in [2.24, 2.45) is 0 Å². The second-order valence-electron chi connectivity index (χ2n) is 3.16. The molecule has 4 heteroatoms. The van der Waals surface area contributed by atoms with Gasteiger partial charge in [0.25, 0.3) is 0 Å². The number of hydrogen-bond donors (Lipinski definition) is 0. The molecule has 0 saturated carbocycles. The molecule has 1 aromatic rings. The van der Waals surface area contributed by atoms with E-state index in [2.05, 4.69) is 28.9 Å². The lowest BCUT2D eigenvalue weighted by molar-refractivity contribution is 0.912. The molecule has 1 aromatic carbocycles. The van der Waals surface area contributed by atoms with Crippen LogP contribution in [0, 0.1) is 11.3 Å². The molecule has 1 nitrogen and oxygen atoms in total. The largest absolute Gasteiger partial charge is 0.192 e. The van der Waals surface area contributed by atoms with Crippen LogP contribution in [0.1, 0.15) is 18.9 Å². The van der Waals surface area contributed by atoms with Gasteiger partial charge in [0.2, 0.25) is 0 Å². The molecule has 0 aliphatic rings. The van der Waals surface area contributed by atoms with Crippen LogP contribution in [0.4, 0.5) is 0 Å². The van der Waals surface area contributed by atoms with Gasteiger partial charge in [-0.15, -0.1) is 23.4 Å². The fourth-order valence-electron chi connectivity index (χ4n) is 1.10. The number of hydrogen-bond acceptors (Lipinski definition) is 2. The molecule has 15 heavy (non-hydrogen) atoms. The average molecular weight is 305 g/mol. The van der Waals surface area contributed by atoms with Gasteiger partial charge in [0.15, 0.2) is 0 Å². The fourth-order valence-corrected chi connectivity index (χ4v) is 3.21. The minimum atomic E-state index is 0.502. The number of halogens is 2. The second-order valence-corrected chi connectivity index (χ2v) is 5.90. The Morgan fingerprint density at radius 2 is 2.33 bits per heavy atom. The molecule has 0 radical (unpaired) electrons. The Morgan fingerprint density at radius 1 is 1.60 bits per heavy atom. The van der Waals surface area contributed by atoms with Crippen LogP contribution in [0.25, 0.3) is 0 Å². The van der Waals surface area contributed by atoms with E-state index < -0.39 is 0 Å². The van der Waals surface area contributed by atoms with Crippen molar-refractivity contribution in [3.63, 3.8) is 0 Å². The summed E-state index contributed by atoms with van der Waals surface area (Å²) in [6.45, 7) is 2.15. The van der Waals surface area contributed by atoms with Crippen molar-refractivity contribution in [3.05, 3.63) is 28.2 Å². The lowest BCUT2D eigenvalue weighted by atomic mass is 10.2. The quantitative estimate of drug-likeness (QED) is 0.607. The van der Waals surface area contributed by atoms with Crippen molar-refractivity contribution in [1.29, 1.82) is 5.26 Å². The SMILES string of the molecule is CC(CCCl)Sc1ccc(C#N)c(Br)c1. The molecule has 0 aromatic heterocycles. The zero-order valence-corrected chi connectivity index (χ0v) is 11.5. The molecule has 1 unspecified atom stereocenters. The molecule has 0 amide bonds. The molecule has 0 spiro atoms. The molecule has 0 aliphatic carbocycles. The predicted molar refractivity (Wildman–Crippen MR) is 69.5 cm³/mol. The predicted octanol–water partition coefficient (Wildman–Crippen LogP) is 4.43. The topological polar surface area (TPSA) is 23.8 Å². The smallest absolute Gasteiger partial charge is 0.100 e. The molecule has 0 aliphatic heterocycles. The average Bonchev–Trinajstić information content (AvgIpc) is 2.18. The lowest BCUT2D eigenvalue weighted by Gasteiger charge is -2.09. The summed E-state index contributed by atoms with van der Waals surface area (Å²) in [6.07, 6.45) is 0.990. The Kier molecular flexibility index (Phi) is 5.52. The summed E-state index contributed by atoms with van der Waals surface area (Å²) in [5, 5.41) is 9.27. The summed E-state index contributed by atoms with van der Waals surface area (Å²) >= 11 is 10.8.